The lowest BCUT2D eigenvalue weighted by molar-refractivity contribution is 0.0951. The summed E-state index contributed by atoms with van der Waals surface area (Å²) in [4.78, 5) is 15.2. The van der Waals surface area contributed by atoms with E-state index in [1.54, 1.807) is 0 Å². The molecule has 0 radical (unpaired) electrons. The monoisotopic (exact) mass is 250 g/mol. The smallest absolute Gasteiger partial charge is 0.261 e. The lowest BCUT2D eigenvalue weighted by Crippen LogP contribution is -2.31. The van der Waals surface area contributed by atoms with E-state index in [0.717, 1.165) is 17.5 Å². The van der Waals surface area contributed by atoms with Gasteiger partial charge in [-0.2, -0.15) is 0 Å². The standard InChI is InChI=1S/C13H18N2OS/c16-13(12-2-1-7-17-12)14-8-10-5-6-15(9-10)11-3-4-11/h1-2,7,10-11H,3-6,8-9H2,(H,14,16). The number of nitrogens with zero attached hydrogens (tertiary/aromatic N) is 1. The first-order valence-electron chi connectivity index (χ1n) is 6.38. The van der Waals surface area contributed by atoms with Crippen LogP contribution in [0.5, 0.6) is 0 Å². The molecule has 2 heterocycles. The second kappa shape index (κ2) is 4.78. The summed E-state index contributed by atoms with van der Waals surface area (Å²) in [7, 11) is 0. The maximum absolute atomic E-state index is 11.8. The van der Waals surface area contributed by atoms with E-state index in [2.05, 4.69) is 10.2 Å². The molecule has 1 aliphatic heterocycles. The van der Waals surface area contributed by atoms with Crippen molar-refractivity contribution in [2.45, 2.75) is 25.3 Å². The lowest BCUT2D eigenvalue weighted by atomic mass is 10.1. The van der Waals surface area contributed by atoms with E-state index in [9.17, 15) is 4.79 Å². The lowest BCUT2D eigenvalue weighted by Gasteiger charge is -2.14. The third kappa shape index (κ3) is 2.69. The number of rotatable bonds is 4. The van der Waals surface area contributed by atoms with Crippen molar-refractivity contribution in [3.63, 3.8) is 0 Å². The number of amides is 1. The highest BCUT2D eigenvalue weighted by Crippen LogP contribution is 2.31. The molecule has 1 atom stereocenters. The Labute approximate surface area is 106 Å². The molecule has 1 amide bonds. The molecule has 3 rings (SSSR count). The quantitative estimate of drug-likeness (QED) is 0.886. The SMILES string of the molecule is O=C(NCC1CCN(C2CC2)C1)c1cccs1. The highest BCUT2D eigenvalue weighted by atomic mass is 32.1. The van der Waals surface area contributed by atoms with Crippen LogP contribution in [-0.2, 0) is 0 Å². The minimum absolute atomic E-state index is 0.0878. The summed E-state index contributed by atoms with van der Waals surface area (Å²) >= 11 is 1.51. The van der Waals surface area contributed by atoms with Gasteiger partial charge in [0.2, 0.25) is 0 Å². The van der Waals surface area contributed by atoms with E-state index in [1.165, 1.54) is 43.7 Å². The molecule has 1 N–H and O–H groups in total. The first kappa shape index (κ1) is 11.2. The molecule has 17 heavy (non-hydrogen) atoms. The second-order valence-corrected chi connectivity index (χ2v) is 6.02. The molecular weight excluding hydrogens is 232 g/mol. The number of carbonyl (C=O) groups is 1. The van der Waals surface area contributed by atoms with Crippen LogP contribution >= 0.6 is 11.3 Å². The topological polar surface area (TPSA) is 32.3 Å². The van der Waals surface area contributed by atoms with Crippen LogP contribution in [0.3, 0.4) is 0 Å². The normalized spacial score (nSPS) is 25.1. The zero-order valence-electron chi connectivity index (χ0n) is 9.89. The van der Waals surface area contributed by atoms with Crippen LogP contribution in [0.4, 0.5) is 0 Å². The summed E-state index contributed by atoms with van der Waals surface area (Å²) < 4.78 is 0. The van der Waals surface area contributed by atoms with Gasteiger partial charge in [-0.15, -0.1) is 11.3 Å². The van der Waals surface area contributed by atoms with Crippen molar-refractivity contribution in [1.82, 2.24) is 10.2 Å². The van der Waals surface area contributed by atoms with Crippen LogP contribution < -0.4 is 5.32 Å². The number of nitrogens with one attached hydrogen (secondary N) is 1. The van der Waals surface area contributed by atoms with Crippen molar-refractivity contribution in [1.29, 1.82) is 0 Å². The van der Waals surface area contributed by atoms with Crippen molar-refractivity contribution in [2.24, 2.45) is 5.92 Å². The van der Waals surface area contributed by atoms with Crippen LogP contribution in [-0.4, -0.2) is 36.5 Å². The van der Waals surface area contributed by atoms with Crippen molar-refractivity contribution in [3.05, 3.63) is 22.4 Å². The van der Waals surface area contributed by atoms with Gasteiger partial charge >= 0.3 is 0 Å². The Morgan fingerprint density at radius 1 is 1.47 bits per heavy atom. The maximum atomic E-state index is 11.8. The molecule has 3 nitrogen and oxygen atoms in total. The second-order valence-electron chi connectivity index (χ2n) is 5.07. The summed E-state index contributed by atoms with van der Waals surface area (Å²) in [6.07, 6.45) is 4.00. The van der Waals surface area contributed by atoms with Crippen molar-refractivity contribution in [2.75, 3.05) is 19.6 Å². The van der Waals surface area contributed by atoms with Gasteiger partial charge in [0, 0.05) is 19.1 Å². The Bertz CT molecular complexity index is 386. The Morgan fingerprint density at radius 2 is 2.35 bits per heavy atom. The predicted octanol–water partition coefficient (Wildman–Crippen LogP) is 1.96. The van der Waals surface area contributed by atoms with Gasteiger partial charge in [0.25, 0.3) is 5.91 Å². The van der Waals surface area contributed by atoms with Crippen LogP contribution in [0.15, 0.2) is 17.5 Å². The molecule has 92 valence electrons. The summed E-state index contributed by atoms with van der Waals surface area (Å²) in [5.74, 6) is 0.740. The molecule has 2 fully saturated rings. The fourth-order valence-corrected chi connectivity index (χ4v) is 3.17. The van der Waals surface area contributed by atoms with Gasteiger partial charge in [0.15, 0.2) is 0 Å². The minimum Gasteiger partial charge on any atom is -0.351 e. The summed E-state index contributed by atoms with van der Waals surface area (Å²) in [5.41, 5.74) is 0. The first-order valence-corrected chi connectivity index (χ1v) is 7.26. The van der Waals surface area contributed by atoms with Gasteiger partial charge < -0.3 is 10.2 Å². The molecule has 2 aliphatic rings. The molecule has 4 heteroatoms. The van der Waals surface area contributed by atoms with Crippen LogP contribution in [0.2, 0.25) is 0 Å². The van der Waals surface area contributed by atoms with Gasteiger partial charge in [0.05, 0.1) is 4.88 Å². The van der Waals surface area contributed by atoms with Gasteiger partial charge in [-0.1, -0.05) is 6.07 Å². The van der Waals surface area contributed by atoms with E-state index in [4.69, 9.17) is 0 Å². The fraction of sp³-hybridized carbons (Fsp3) is 0.615. The zero-order chi connectivity index (χ0) is 11.7. The molecule has 1 saturated heterocycles. The predicted molar refractivity (Wildman–Crippen MR) is 69.4 cm³/mol. The molecule has 1 unspecified atom stereocenters. The Morgan fingerprint density at radius 3 is 3.06 bits per heavy atom. The van der Waals surface area contributed by atoms with Crippen molar-refractivity contribution in [3.8, 4) is 0 Å². The third-order valence-electron chi connectivity index (χ3n) is 3.68. The van der Waals surface area contributed by atoms with Crippen molar-refractivity contribution >= 4 is 17.2 Å². The van der Waals surface area contributed by atoms with E-state index >= 15 is 0 Å². The largest absolute Gasteiger partial charge is 0.351 e. The average molecular weight is 250 g/mol. The van der Waals surface area contributed by atoms with Gasteiger partial charge in [-0.25, -0.2) is 0 Å². The number of carbonyl (C=O) groups excluding carboxylic acids is 1. The van der Waals surface area contributed by atoms with E-state index in [0.29, 0.717) is 5.92 Å². The number of likely N-dealkylation sites (tertiary alicyclic amines) is 1. The van der Waals surface area contributed by atoms with Gasteiger partial charge in [0.1, 0.15) is 0 Å². The number of hydrogen-bond acceptors (Lipinski definition) is 3. The molecule has 1 aromatic heterocycles. The van der Waals surface area contributed by atoms with Gasteiger partial charge in [-0.3, -0.25) is 4.79 Å². The van der Waals surface area contributed by atoms with Crippen molar-refractivity contribution < 1.29 is 4.79 Å². The minimum atomic E-state index is 0.0878. The molecule has 1 saturated carbocycles. The van der Waals surface area contributed by atoms with Crippen LogP contribution in [0.1, 0.15) is 28.9 Å². The molecular formula is C13H18N2OS. The number of hydrogen-bond donors (Lipinski definition) is 1. The Kier molecular flexibility index (Phi) is 3.16. The maximum Gasteiger partial charge on any atom is 0.261 e. The molecule has 0 bridgehead atoms. The van der Waals surface area contributed by atoms with Crippen LogP contribution in [0, 0.1) is 5.92 Å². The van der Waals surface area contributed by atoms with E-state index in [1.807, 2.05) is 17.5 Å². The Hall–Kier alpha value is -0.870. The highest BCUT2D eigenvalue weighted by Gasteiger charge is 2.34. The number of thiophene rings is 1. The van der Waals surface area contributed by atoms with Crippen LogP contribution in [0.25, 0.3) is 0 Å². The van der Waals surface area contributed by atoms with E-state index < -0.39 is 0 Å². The van der Waals surface area contributed by atoms with Gasteiger partial charge in [-0.05, 0) is 43.2 Å². The third-order valence-corrected chi connectivity index (χ3v) is 4.55. The average Bonchev–Trinajstić information content (AvgIpc) is 2.88. The molecule has 1 aliphatic carbocycles. The first-order chi connectivity index (χ1) is 8.33. The molecule has 1 aromatic rings. The van der Waals surface area contributed by atoms with E-state index in [-0.39, 0.29) is 5.91 Å². The fourth-order valence-electron chi connectivity index (χ4n) is 2.53. The Balaban J connectivity index is 1.44. The molecule has 0 spiro atoms. The molecule has 0 aromatic carbocycles. The summed E-state index contributed by atoms with van der Waals surface area (Å²) in [5, 5.41) is 5.00. The summed E-state index contributed by atoms with van der Waals surface area (Å²) in [6.45, 7) is 3.24. The highest BCUT2D eigenvalue weighted by molar-refractivity contribution is 7.12. The summed E-state index contributed by atoms with van der Waals surface area (Å²) in [6, 6.07) is 4.67. The zero-order valence-corrected chi connectivity index (χ0v) is 10.7.